The van der Waals surface area contributed by atoms with Crippen molar-refractivity contribution < 1.29 is 13.6 Å². The molecule has 1 aromatic rings. The molecule has 0 radical (unpaired) electrons. The van der Waals surface area contributed by atoms with Gasteiger partial charge in [0, 0.05) is 33.1 Å². The molecule has 0 bridgehead atoms. The molecule has 78 valence electrons. The third kappa shape index (κ3) is 3.68. The minimum absolute atomic E-state index is 0.139. The quantitative estimate of drug-likeness (QED) is 0.825. The zero-order valence-electron chi connectivity index (χ0n) is 7.43. The van der Waals surface area contributed by atoms with Crippen LogP contribution in [0.5, 0.6) is 0 Å². The molecule has 1 aromatic carbocycles. The average Bonchev–Trinajstić information content (AvgIpc) is 2.18. The van der Waals surface area contributed by atoms with Crippen LogP contribution in [0.1, 0.15) is 12.0 Å². The van der Waals surface area contributed by atoms with E-state index in [9.17, 15) is 13.6 Å². The van der Waals surface area contributed by atoms with Gasteiger partial charge < -0.3 is 5.32 Å². The molecule has 1 rings (SSSR count). The van der Waals surface area contributed by atoms with E-state index in [0.717, 1.165) is 0 Å². The molecule has 1 N–H and O–H groups in total. The highest BCUT2D eigenvalue weighted by atomic mass is 79.9. The number of benzene rings is 1. The fourth-order valence-corrected chi connectivity index (χ4v) is 1.14. The number of rotatable bonds is 2. The highest BCUT2D eigenvalue weighted by Crippen LogP contribution is 2.21. The summed E-state index contributed by atoms with van der Waals surface area (Å²) < 4.78 is 24.6. The number of carbonyl (C=O) groups excluding carboxylic acids is 1. The first-order valence-electron chi connectivity index (χ1n) is 3.94. The average molecular weight is 274 g/mol. The third-order valence-corrected chi connectivity index (χ3v) is 1.76. The Labute approximate surface area is 93.8 Å². The molecule has 0 aliphatic heterocycles. The van der Waals surface area contributed by atoms with E-state index in [0.29, 0.717) is 5.69 Å². The van der Waals surface area contributed by atoms with Crippen LogP contribution in [0.15, 0.2) is 24.3 Å². The second-order valence-corrected chi connectivity index (χ2v) is 3.00. The Balaban J connectivity index is 2.81. The number of nitrogens with one attached hydrogen (secondary N) is 1. The highest BCUT2D eigenvalue weighted by molar-refractivity contribution is 9.12. The highest BCUT2D eigenvalue weighted by Gasteiger charge is 2.07. The van der Waals surface area contributed by atoms with Gasteiger partial charge in [0.2, 0.25) is 0 Å². The Morgan fingerprint density at radius 3 is 2.80 bits per heavy atom. The lowest BCUT2D eigenvalue weighted by atomic mass is 10.2. The van der Waals surface area contributed by atoms with Crippen molar-refractivity contribution in [1.82, 2.24) is 0 Å². The van der Waals surface area contributed by atoms with Crippen molar-refractivity contribution in [3.63, 3.8) is 0 Å². The molecule has 1 amide bonds. The fraction of sp³-hybridized carbons (Fsp3) is 0.100. The third-order valence-electron chi connectivity index (χ3n) is 1.56. The Hall–Kier alpha value is -1.41. The van der Waals surface area contributed by atoms with E-state index in [1.807, 2.05) is 0 Å². The Kier molecular flexibility index (Phi) is 4.25. The predicted octanol–water partition coefficient (Wildman–Crippen LogP) is 2.92. The monoisotopic (exact) mass is 273 g/mol. The number of halogens is 3. The van der Waals surface area contributed by atoms with E-state index in [1.165, 1.54) is 24.3 Å². The number of carbonyl (C=O) groups is 1. The molecular weight excluding hydrogens is 268 g/mol. The Morgan fingerprint density at radius 1 is 1.47 bits per heavy atom. The molecule has 0 atom stereocenters. The first-order valence-corrected chi connectivity index (χ1v) is 4.73. The van der Waals surface area contributed by atoms with Gasteiger partial charge in [0.05, 0.1) is 0 Å². The van der Waals surface area contributed by atoms with Crippen molar-refractivity contribution >= 4 is 27.5 Å². The summed E-state index contributed by atoms with van der Waals surface area (Å²) in [5.41, 5.74) is 0.160. The summed E-state index contributed by atoms with van der Waals surface area (Å²) in [6, 6.07) is 5.45. The Morgan fingerprint density at radius 2 is 2.20 bits per heavy atom. The second-order valence-electron chi connectivity index (χ2n) is 2.60. The van der Waals surface area contributed by atoms with E-state index < -0.39 is 12.3 Å². The summed E-state index contributed by atoms with van der Waals surface area (Å²) in [5.74, 6) is 1.61. The zero-order valence-corrected chi connectivity index (χ0v) is 9.01. The van der Waals surface area contributed by atoms with Crippen molar-refractivity contribution in [3.8, 4) is 10.8 Å². The minimum Gasteiger partial charge on any atom is -0.315 e. The van der Waals surface area contributed by atoms with Crippen LogP contribution >= 0.6 is 15.9 Å². The van der Waals surface area contributed by atoms with Crippen LogP contribution in [0.2, 0.25) is 0 Å². The van der Waals surface area contributed by atoms with Gasteiger partial charge in [-0.1, -0.05) is 12.1 Å². The van der Waals surface area contributed by atoms with Gasteiger partial charge in [-0.25, -0.2) is 8.78 Å². The van der Waals surface area contributed by atoms with E-state index in [-0.39, 0.29) is 5.56 Å². The van der Waals surface area contributed by atoms with Crippen LogP contribution in [0, 0.1) is 10.8 Å². The normalized spacial score (nSPS) is 9.33. The maximum Gasteiger partial charge on any atom is 0.301 e. The fourth-order valence-electron chi connectivity index (χ4n) is 0.957. The number of hydrogen-bond acceptors (Lipinski definition) is 1. The van der Waals surface area contributed by atoms with Gasteiger partial charge in [-0.3, -0.25) is 4.79 Å². The maximum absolute atomic E-state index is 12.3. The molecule has 15 heavy (non-hydrogen) atoms. The number of hydrogen-bond donors (Lipinski definition) is 1. The van der Waals surface area contributed by atoms with Gasteiger partial charge in [0.1, 0.15) is 0 Å². The van der Waals surface area contributed by atoms with Gasteiger partial charge in [0.15, 0.2) is 0 Å². The van der Waals surface area contributed by atoms with Crippen LogP contribution in [0.4, 0.5) is 14.5 Å². The van der Waals surface area contributed by atoms with Gasteiger partial charge in [0.25, 0.3) is 6.43 Å². The summed E-state index contributed by atoms with van der Waals surface area (Å²) in [5, 5.41) is 2.36. The SMILES string of the molecule is O=C(C#CBr)Nc1cccc(C(F)F)c1. The predicted molar refractivity (Wildman–Crippen MR) is 56.7 cm³/mol. The number of anilines is 1. The van der Waals surface area contributed by atoms with E-state index in [2.05, 4.69) is 32.0 Å². The maximum atomic E-state index is 12.3. The van der Waals surface area contributed by atoms with Crippen LogP contribution < -0.4 is 5.32 Å². The molecule has 2 nitrogen and oxygen atoms in total. The van der Waals surface area contributed by atoms with Crippen molar-refractivity contribution in [3.05, 3.63) is 29.8 Å². The van der Waals surface area contributed by atoms with Crippen molar-refractivity contribution in [2.24, 2.45) is 0 Å². The van der Waals surface area contributed by atoms with E-state index in [1.54, 1.807) is 0 Å². The summed E-state index contributed by atoms with van der Waals surface area (Å²) in [4.78, 5) is 13.2. The molecule has 0 saturated heterocycles. The first-order chi connectivity index (χ1) is 7.13. The van der Waals surface area contributed by atoms with E-state index >= 15 is 0 Å². The molecule has 5 heteroatoms. The summed E-state index contributed by atoms with van der Waals surface area (Å²) in [6.07, 6.45) is -2.55. The molecule has 0 aliphatic rings. The standard InChI is InChI=1S/C10H6BrF2NO/c11-5-4-9(15)14-8-3-1-2-7(6-8)10(12)13/h1-3,6,10H,(H,14,15). The van der Waals surface area contributed by atoms with Crippen molar-refractivity contribution in [2.45, 2.75) is 6.43 Å². The minimum atomic E-state index is -2.55. The molecule has 0 spiro atoms. The molecular formula is C10H6BrF2NO. The Bertz CT molecular complexity index is 423. The topological polar surface area (TPSA) is 29.1 Å². The lowest BCUT2D eigenvalue weighted by Crippen LogP contribution is -2.08. The second kappa shape index (κ2) is 5.47. The van der Waals surface area contributed by atoms with Crippen molar-refractivity contribution in [1.29, 1.82) is 0 Å². The van der Waals surface area contributed by atoms with Crippen LogP contribution in [0.25, 0.3) is 0 Å². The van der Waals surface area contributed by atoms with Gasteiger partial charge in [-0.15, -0.1) is 0 Å². The number of amides is 1. The lowest BCUT2D eigenvalue weighted by Gasteiger charge is -2.03. The molecule has 0 aliphatic carbocycles. The van der Waals surface area contributed by atoms with Crippen LogP contribution in [0.3, 0.4) is 0 Å². The summed E-state index contributed by atoms with van der Waals surface area (Å²) >= 11 is 2.76. The first kappa shape index (κ1) is 11.7. The van der Waals surface area contributed by atoms with E-state index in [4.69, 9.17) is 0 Å². The van der Waals surface area contributed by atoms with Crippen molar-refractivity contribution in [2.75, 3.05) is 5.32 Å². The molecule has 0 aromatic heterocycles. The van der Waals surface area contributed by atoms with Gasteiger partial charge >= 0.3 is 5.91 Å². The lowest BCUT2D eigenvalue weighted by molar-refractivity contribution is -0.111. The molecule has 0 unspecified atom stereocenters. The summed E-state index contributed by atoms with van der Waals surface area (Å²) in [7, 11) is 0. The molecule has 0 heterocycles. The molecule has 0 fully saturated rings. The van der Waals surface area contributed by atoms with Gasteiger partial charge in [-0.2, -0.15) is 0 Å². The summed E-state index contributed by atoms with van der Waals surface area (Å²) in [6.45, 7) is 0. The zero-order chi connectivity index (χ0) is 11.3. The largest absolute Gasteiger partial charge is 0.315 e. The van der Waals surface area contributed by atoms with Crippen LogP contribution in [-0.2, 0) is 4.79 Å². The van der Waals surface area contributed by atoms with Crippen LogP contribution in [-0.4, -0.2) is 5.91 Å². The smallest absolute Gasteiger partial charge is 0.301 e. The van der Waals surface area contributed by atoms with Gasteiger partial charge in [-0.05, 0) is 17.0 Å². The number of alkyl halides is 2. The molecule has 0 saturated carbocycles.